The second-order valence-electron chi connectivity index (χ2n) is 2.88. The Morgan fingerprint density at radius 3 is 1.85 bits per heavy atom. The largest absolute Gasteiger partial charge is 0.474 e. The molecule has 4 nitrogen and oxygen atoms in total. The molecule has 13 heavy (non-hydrogen) atoms. The number of carbonyl (C=O) groups is 2. The minimum Gasteiger partial charge on any atom is -0.474 e. The number of carbonyl (C=O) groups excluding carboxylic acids is 1. The molecule has 7 heteroatoms. The number of hydrogen-bond acceptors (Lipinski definition) is 2. The van der Waals surface area contributed by atoms with Crippen LogP contribution in [0.2, 0.25) is 0 Å². The van der Waals surface area contributed by atoms with Crippen LogP contribution in [0.4, 0.5) is 13.2 Å². The molecular formula is C6H8F3NO3. The van der Waals surface area contributed by atoms with Crippen molar-refractivity contribution in [3.05, 3.63) is 0 Å². The van der Waals surface area contributed by atoms with Crippen LogP contribution >= 0.6 is 0 Å². The fourth-order valence-electron chi connectivity index (χ4n) is 0.408. The van der Waals surface area contributed by atoms with Gasteiger partial charge in [-0.15, -0.1) is 0 Å². The van der Waals surface area contributed by atoms with Crippen molar-refractivity contribution in [1.82, 2.24) is 5.32 Å². The first-order valence-electron chi connectivity index (χ1n) is 3.20. The average Bonchev–Trinajstić information content (AvgIpc) is 1.83. The standard InChI is InChI=1S/C6H8F3NO3/c1-5(2,6(7,8)9)10-3(11)4(12)13/h1-2H3,(H,10,11)(H,12,13). The molecular weight excluding hydrogens is 191 g/mol. The summed E-state index contributed by atoms with van der Waals surface area (Å²) in [6.07, 6.45) is -4.68. The summed E-state index contributed by atoms with van der Waals surface area (Å²) in [5.74, 6) is -3.63. The van der Waals surface area contributed by atoms with Gasteiger partial charge in [0.05, 0.1) is 0 Å². The molecule has 0 saturated heterocycles. The summed E-state index contributed by atoms with van der Waals surface area (Å²) in [5, 5.41) is 9.36. The van der Waals surface area contributed by atoms with Crippen molar-refractivity contribution in [3.8, 4) is 0 Å². The van der Waals surface area contributed by atoms with Gasteiger partial charge >= 0.3 is 18.1 Å². The number of carboxylic acid groups (broad SMARTS) is 1. The van der Waals surface area contributed by atoms with E-state index >= 15 is 0 Å². The van der Waals surface area contributed by atoms with Gasteiger partial charge in [0.1, 0.15) is 5.54 Å². The monoisotopic (exact) mass is 199 g/mol. The molecule has 0 aromatic rings. The third kappa shape index (κ3) is 2.92. The minimum absolute atomic E-state index is 0.674. The Kier molecular flexibility index (Phi) is 2.92. The smallest absolute Gasteiger partial charge is 0.410 e. The molecule has 2 N–H and O–H groups in total. The molecule has 0 atom stereocenters. The molecule has 0 aromatic carbocycles. The van der Waals surface area contributed by atoms with Crippen molar-refractivity contribution in [3.63, 3.8) is 0 Å². The molecule has 76 valence electrons. The Morgan fingerprint density at radius 1 is 1.23 bits per heavy atom. The van der Waals surface area contributed by atoms with Crippen LogP contribution in [0.3, 0.4) is 0 Å². The van der Waals surface area contributed by atoms with Crippen LogP contribution in [0, 0.1) is 0 Å². The van der Waals surface area contributed by atoms with E-state index < -0.39 is 23.6 Å². The van der Waals surface area contributed by atoms with E-state index in [1.54, 1.807) is 0 Å². The number of alkyl halides is 3. The maximum atomic E-state index is 12.0. The van der Waals surface area contributed by atoms with Gasteiger partial charge in [0.2, 0.25) is 0 Å². The highest BCUT2D eigenvalue weighted by molar-refractivity contribution is 6.31. The van der Waals surface area contributed by atoms with Gasteiger partial charge in [-0.1, -0.05) is 0 Å². The Morgan fingerprint density at radius 2 is 1.62 bits per heavy atom. The molecule has 1 amide bonds. The summed E-state index contributed by atoms with van der Waals surface area (Å²) >= 11 is 0. The first-order valence-corrected chi connectivity index (χ1v) is 3.20. The normalized spacial score (nSPS) is 12.4. The number of halogens is 3. The predicted octanol–water partition coefficient (Wildman–Crippen LogP) is 0.528. The second kappa shape index (κ2) is 3.23. The molecule has 0 aliphatic heterocycles. The van der Waals surface area contributed by atoms with E-state index in [2.05, 4.69) is 0 Å². The average molecular weight is 199 g/mol. The van der Waals surface area contributed by atoms with Crippen LogP contribution in [-0.2, 0) is 9.59 Å². The van der Waals surface area contributed by atoms with Gasteiger partial charge in [-0.05, 0) is 13.8 Å². The lowest BCUT2D eigenvalue weighted by atomic mass is 10.1. The van der Waals surface area contributed by atoms with Crippen molar-refractivity contribution in [2.75, 3.05) is 0 Å². The van der Waals surface area contributed by atoms with Crippen LogP contribution in [0.5, 0.6) is 0 Å². The summed E-state index contributed by atoms with van der Waals surface area (Å²) in [7, 11) is 0. The fraction of sp³-hybridized carbons (Fsp3) is 0.667. The number of carboxylic acids is 1. The van der Waals surface area contributed by atoms with Crippen molar-refractivity contribution < 1.29 is 27.9 Å². The molecule has 0 bridgehead atoms. The van der Waals surface area contributed by atoms with Gasteiger partial charge < -0.3 is 10.4 Å². The number of aliphatic carboxylic acids is 1. The zero-order valence-corrected chi connectivity index (χ0v) is 6.90. The van der Waals surface area contributed by atoms with E-state index in [0.717, 1.165) is 0 Å². The van der Waals surface area contributed by atoms with Gasteiger partial charge in [0, 0.05) is 0 Å². The third-order valence-corrected chi connectivity index (χ3v) is 1.33. The molecule has 0 aliphatic rings. The summed E-state index contributed by atoms with van der Waals surface area (Å²) in [6.45, 7) is 1.35. The van der Waals surface area contributed by atoms with Gasteiger partial charge in [-0.25, -0.2) is 4.79 Å². The molecule has 0 rings (SSSR count). The van der Waals surface area contributed by atoms with Crippen LogP contribution in [0.15, 0.2) is 0 Å². The molecule has 0 spiro atoms. The topological polar surface area (TPSA) is 66.4 Å². The summed E-state index contributed by atoms with van der Waals surface area (Å²) < 4.78 is 36.1. The highest BCUT2D eigenvalue weighted by atomic mass is 19.4. The molecule has 0 saturated carbocycles. The predicted molar refractivity (Wildman–Crippen MR) is 35.9 cm³/mol. The Bertz CT molecular complexity index is 234. The van der Waals surface area contributed by atoms with Crippen LogP contribution in [-0.4, -0.2) is 28.7 Å². The lowest BCUT2D eigenvalue weighted by Crippen LogP contribution is -2.55. The number of amides is 1. The summed E-state index contributed by atoms with van der Waals surface area (Å²) in [5.41, 5.74) is -2.54. The number of nitrogens with one attached hydrogen (secondary N) is 1. The molecule has 0 aliphatic carbocycles. The van der Waals surface area contributed by atoms with E-state index in [-0.39, 0.29) is 0 Å². The van der Waals surface area contributed by atoms with Crippen molar-refractivity contribution in [2.24, 2.45) is 0 Å². The van der Waals surface area contributed by atoms with E-state index in [9.17, 15) is 22.8 Å². The first kappa shape index (κ1) is 11.7. The van der Waals surface area contributed by atoms with Gasteiger partial charge in [0.25, 0.3) is 0 Å². The fourth-order valence-corrected chi connectivity index (χ4v) is 0.408. The van der Waals surface area contributed by atoms with Gasteiger partial charge in [-0.3, -0.25) is 4.79 Å². The number of hydrogen-bond donors (Lipinski definition) is 2. The van der Waals surface area contributed by atoms with Crippen LogP contribution < -0.4 is 5.32 Å². The minimum atomic E-state index is -4.68. The maximum absolute atomic E-state index is 12.0. The van der Waals surface area contributed by atoms with Crippen LogP contribution in [0.1, 0.15) is 13.8 Å². The zero-order chi connectivity index (χ0) is 10.9. The molecule has 0 fully saturated rings. The highest BCUT2D eigenvalue weighted by Crippen LogP contribution is 2.29. The van der Waals surface area contributed by atoms with E-state index in [1.807, 2.05) is 0 Å². The SMILES string of the molecule is CC(C)(NC(=O)C(=O)O)C(F)(F)F. The molecule has 0 heterocycles. The quantitative estimate of drug-likeness (QED) is 0.605. The molecule has 0 radical (unpaired) electrons. The van der Waals surface area contributed by atoms with Crippen molar-refractivity contribution >= 4 is 11.9 Å². The van der Waals surface area contributed by atoms with Gasteiger partial charge in [0.15, 0.2) is 0 Å². The highest BCUT2D eigenvalue weighted by Gasteiger charge is 2.49. The van der Waals surface area contributed by atoms with Gasteiger partial charge in [-0.2, -0.15) is 13.2 Å². The van der Waals surface area contributed by atoms with Crippen molar-refractivity contribution in [2.45, 2.75) is 25.6 Å². The van der Waals surface area contributed by atoms with E-state index in [4.69, 9.17) is 5.11 Å². The lowest BCUT2D eigenvalue weighted by Gasteiger charge is -2.27. The zero-order valence-electron chi connectivity index (χ0n) is 6.90. The summed E-state index contributed by atoms with van der Waals surface area (Å²) in [4.78, 5) is 20.3. The Balaban J connectivity index is 4.53. The van der Waals surface area contributed by atoms with Crippen molar-refractivity contribution in [1.29, 1.82) is 0 Å². The lowest BCUT2D eigenvalue weighted by molar-refractivity contribution is -0.189. The first-order chi connectivity index (χ1) is 5.58. The van der Waals surface area contributed by atoms with Crippen LogP contribution in [0.25, 0.3) is 0 Å². The number of rotatable bonds is 1. The molecule has 0 aromatic heterocycles. The Hall–Kier alpha value is -1.27. The summed E-state index contributed by atoms with van der Waals surface area (Å²) in [6, 6.07) is 0. The van der Waals surface area contributed by atoms with E-state index in [1.165, 1.54) is 5.32 Å². The maximum Gasteiger partial charge on any atom is 0.410 e. The second-order valence-corrected chi connectivity index (χ2v) is 2.88. The Labute approximate surface area is 71.7 Å². The third-order valence-electron chi connectivity index (χ3n) is 1.33. The molecule has 0 unspecified atom stereocenters. The van der Waals surface area contributed by atoms with E-state index in [0.29, 0.717) is 13.8 Å².